The van der Waals surface area contributed by atoms with E-state index < -0.39 is 5.97 Å². The second kappa shape index (κ2) is 6.88. The van der Waals surface area contributed by atoms with Gasteiger partial charge in [0.2, 0.25) is 0 Å². The minimum Gasteiger partial charge on any atom is -0.481 e. The van der Waals surface area contributed by atoms with Crippen molar-refractivity contribution in [2.45, 2.75) is 26.3 Å². The average molecular weight is 284 g/mol. The van der Waals surface area contributed by atoms with Crippen LogP contribution in [0, 0.1) is 6.92 Å². The molecule has 0 aliphatic carbocycles. The molecule has 1 atom stereocenters. The summed E-state index contributed by atoms with van der Waals surface area (Å²) in [6.07, 6.45) is 3.68. The third kappa shape index (κ3) is 4.05. The number of aliphatic carboxylic acids is 1. The van der Waals surface area contributed by atoms with Gasteiger partial charge in [0.05, 0.1) is 12.5 Å². The Bertz CT molecular complexity index is 581. The lowest BCUT2D eigenvalue weighted by molar-refractivity contribution is -0.136. The molecular formula is C17H20N2O2. The molecule has 2 aromatic rings. The Morgan fingerprint density at radius 1 is 1.29 bits per heavy atom. The van der Waals surface area contributed by atoms with Gasteiger partial charge in [0, 0.05) is 24.6 Å². The summed E-state index contributed by atoms with van der Waals surface area (Å²) in [6.45, 7) is 4.57. The van der Waals surface area contributed by atoms with E-state index in [1.165, 1.54) is 5.56 Å². The molecule has 0 aliphatic rings. The van der Waals surface area contributed by atoms with Crippen molar-refractivity contribution in [1.29, 1.82) is 0 Å². The molecule has 0 radical (unpaired) electrons. The van der Waals surface area contributed by atoms with Crippen molar-refractivity contribution < 1.29 is 9.90 Å². The summed E-state index contributed by atoms with van der Waals surface area (Å²) < 4.78 is 0. The highest BCUT2D eigenvalue weighted by Gasteiger charge is 2.17. The van der Waals surface area contributed by atoms with Gasteiger partial charge in [-0.3, -0.25) is 9.78 Å². The Morgan fingerprint density at radius 2 is 2.00 bits per heavy atom. The summed E-state index contributed by atoms with van der Waals surface area (Å²) in [5, 5.41) is 8.97. The summed E-state index contributed by atoms with van der Waals surface area (Å²) >= 11 is 0. The summed E-state index contributed by atoms with van der Waals surface area (Å²) in [7, 11) is 0. The number of hydrogen-bond donors (Lipinski definition) is 1. The molecule has 4 nitrogen and oxygen atoms in total. The zero-order valence-corrected chi connectivity index (χ0v) is 12.4. The summed E-state index contributed by atoms with van der Waals surface area (Å²) in [5.41, 5.74) is 3.28. The van der Waals surface area contributed by atoms with Crippen molar-refractivity contribution in [3.05, 3.63) is 59.9 Å². The fourth-order valence-corrected chi connectivity index (χ4v) is 2.30. The minimum absolute atomic E-state index is 0.0701. The molecule has 0 saturated carbocycles. The lowest BCUT2D eigenvalue weighted by atomic mass is 10.1. The van der Waals surface area contributed by atoms with Crippen LogP contribution in [-0.4, -0.2) is 22.6 Å². The topological polar surface area (TPSA) is 53.4 Å². The lowest BCUT2D eigenvalue weighted by Crippen LogP contribution is -2.29. The van der Waals surface area contributed by atoms with Gasteiger partial charge < -0.3 is 10.0 Å². The van der Waals surface area contributed by atoms with E-state index in [0.29, 0.717) is 6.54 Å². The van der Waals surface area contributed by atoms with Gasteiger partial charge in [0.25, 0.3) is 0 Å². The van der Waals surface area contributed by atoms with Crippen molar-refractivity contribution in [2.75, 3.05) is 11.4 Å². The molecular weight excluding hydrogens is 264 g/mol. The van der Waals surface area contributed by atoms with E-state index in [-0.39, 0.29) is 12.5 Å². The highest BCUT2D eigenvalue weighted by molar-refractivity contribution is 5.67. The Labute approximate surface area is 125 Å². The van der Waals surface area contributed by atoms with E-state index in [0.717, 1.165) is 11.3 Å². The van der Waals surface area contributed by atoms with E-state index in [4.69, 9.17) is 5.11 Å². The van der Waals surface area contributed by atoms with Crippen LogP contribution < -0.4 is 4.90 Å². The van der Waals surface area contributed by atoms with Gasteiger partial charge in [-0.25, -0.2) is 0 Å². The molecule has 4 heteroatoms. The average Bonchev–Trinajstić information content (AvgIpc) is 2.49. The Kier molecular flexibility index (Phi) is 4.93. The van der Waals surface area contributed by atoms with Crippen molar-refractivity contribution in [2.24, 2.45) is 0 Å². The Hall–Kier alpha value is -2.36. The number of pyridine rings is 1. The van der Waals surface area contributed by atoms with E-state index in [1.54, 1.807) is 6.20 Å². The largest absolute Gasteiger partial charge is 0.481 e. The molecule has 1 unspecified atom stereocenters. The van der Waals surface area contributed by atoms with Crippen molar-refractivity contribution in [3.8, 4) is 0 Å². The number of carbonyl (C=O) groups is 1. The van der Waals surface area contributed by atoms with Crippen molar-refractivity contribution in [3.63, 3.8) is 0 Å². The molecule has 110 valence electrons. The molecule has 21 heavy (non-hydrogen) atoms. The molecule has 1 heterocycles. The quantitative estimate of drug-likeness (QED) is 0.883. The van der Waals surface area contributed by atoms with Gasteiger partial charge in [-0.05, 0) is 37.6 Å². The van der Waals surface area contributed by atoms with Gasteiger partial charge in [0.15, 0.2) is 0 Å². The Morgan fingerprint density at radius 3 is 2.57 bits per heavy atom. The number of anilines is 1. The van der Waals surface area contributed by atoms with E-state index in [9.17, 15) is 4.79 Å². The number of benzene rings is 1. The molecule has 2 rings (SSSR count). The molecule has 1 aromatic carbocycles. The first kappa shape index (κ1) is 15.0. The number of nitrogens with zero attached hydrogens (tertiary/aromatic N) is 2. The maximum absolute atomic E-state index is 10.9. The van der Waals surface area contributed by atoms with Crippen LogP contribution in [0.15, 0.2) is 48.8 Å². The van der Waals surface area contributed by atoms with Crippen LogP contribution in [0.25, 0.3) is 0 Å². The molecule has 0 amide bonds. The molecule has 0 bridgehead atoms. The highest BCUT2D eigenvalue weighted by atomic mass is 16.4. The third-order valence-electron chi connectivity index (χ3n) is 3.57. The van der Waals surface area contributed by atoms with E-state index in [2.05, 4.69) is 16.8 Å². The van der Waals surface area contributed by atoms with Crippen LogP contribution in [0.2, 0.25) is 0 Å². The summed E-state index contributed by atoms with van der Waals surface area (Å²) in [6, 6.07) is 12.1. The number of hydrogen-bond acceptors (Lipinski definition) is 3. The third-order valence-corrected chi connectivity index (χ3v) is 3.57. The fourth-order valence-electron chi connectivity index (χ4n) is 2.30. The number of carboxylic acids is 1. The van der Waals surface area contributed by atoms with Crippen LogP contribution in [0.3, 0.4) is 0 Å². The maximum atomic E-state index is 10.9. The molecule has 1 aromatic heterocycles. The number of carboxylic acid groups (broad SMARTS) is 1. The summed E-state index contributed by atoms with van der Waals surface area (Å²) in [4.78, 5) is 17.2. The number of aromatic nitrogens is 1. The van der Waals surface area contributed by atoms with Crippen LogP contribution in [0.5, 0.6) is 0 Å². The molecule has 0 spiro atoms. The normalized spacial score (nSPS) is 11.9. The smallest absolute Gasteiger partial charge is 0.305 e. The van der Waals surface area contributed by atoms with Gasteiger partial charge in [-0.1, -0.05) is 23.8 Å². The molecule has 0 saturated heterocycles. The van der Waals surface area contributed by atoms with Gasteiger partial charge >= 0.3 is 5.97 Å². The first-order chi connectivity index (χ1) is 10.1. The predicted octanol–water partition coefficient (Wildman–Crippen LogP) is 3.43. The Balaban J connectivity index is 2.26. The lowest BCUT2D eigenvalue weighted by Gasteiger charge is -2.31. The number of aryl methyl sites for hydroxylation is 1. The van der Waals surface area contributed by atoms with Crippen molar-refractivity contribution in [1.82, 2.24) is 4.98 Å². The zero-order valence-electron chi connectivity index (χ0n) is 12.4. The fraction of sp³-hybridized carbons (Fsp3) is 0.294. The molecule has 0 fully saturated rings. The van der Waals surface area contributed by atoms with Crippen LogP contribution in [0.1, 0.15) is 30.5 Å². The van der Waals surface area contributed by atoms with Gasteiger partial charge in [-0.15, -0.1) is 0 Å². The van der Waals surface area contributed by atoms with E-state index >= 15 is 0 Å². The van der Waals surface area contributed by atoms with Crippen LogP contribution in [0.4, 0.5) is 5.69 Å². The maximum Gasteiger partial charge on any atom is 0.305 e. The first-order valence-corrected chi connectivity index (χ1v) is 7.03. The second-order valence-corrected chi connectivity index (χ2v) is 5.14. The van der Waals surface area contributed by atoms with Gasteiger partial charge in [0.1, 0.15) is 0 Å². The van der Waals surface area contributed by atoms with Crippen molar-refractivity contribution >= 4 is 11.7 Å². The predicted molar refractivity (Wildman–Crippen MR) is 83.4 cm³/mol. The zero-order chi connectivity index (χ0) is 15.2. The van der Waals surface area contributed by atoms with Gasteiger partial charge in [-0.2, -0.15) is 0 Å². The molecule has 1 N–H and O–H groups in total. The SMILES string of the molecule is Cc1ccc(N(CCC(=O)O)C(C)c2cccnc2)cc1. The summed E-state index contributed by atoms with van der Waals surface area (Å²) in [5.74, 6) is -0.787. The minimum atomic E-state index is -0.787. The monoisotopic (exact) mass is 284 g/mol. The molecule has 0 aliphatic heterocycles. The first-order valence-electron chi connectivity index (χ1n) is 7.03. The van der Waals surface area contributed by atoms with Crippen LogP contribution in [-0.2, 0) is 4.79 Å². The van der Waals surface area contributed by atoms with Crippen LogP contribution >= 0.6 is 0 Å². The highest BCUT2D eigenvalue weighted by Crippen LogP contribution is 2.26. The second-order valence-electron chi connectivity index (χ2n) is 5.14. The van der Waals surface area contributed by atoms with E-state index in [1.807, 2.05) is 49.5 Å². The number of rotatable bonds is 6. The standard InChI is InChI=1S/C17H20N2O2/c1-13-5-7-16(8-6-13)19(11-9-17(20)21)14(2)15-4-3-10-18-12-15/h3-8,10,12,14H,9,11H2,1-2H3,(H,20,21).